The van der Waals surface area contributed by atoms with Crippen molar-refractivity contribution < 1.29 is 9.18 Å². The third-order valence-corrected chi connectivity index (χ3v) is 3.99. The highest BCUT2D eigenvalue weighted by molar-refractivity contribution is 6.30. The Morgan fingerprint density at radius 1 is 1.38 bits per heavy atom. The highest BCUT2D eigenvalue weighted by atomic mass is 35.5. The summed E-state index contributed by atoms with van der Waals surface area (Å²) in [6.45, 7) is 6.95. The maximum Gasteiger partial charge on any atom is 0.346 e. The molecule has 0 aliphatic rings. The zero-order valence-corrected chi connectivity index (χ0v) is 14.8. The van der Waals surface area contributed by atoms with Gasteiger partial charge in [-0.3, -0.25) is 9.36 Å². The maximum absolute atomic E-state index is 13.5. The minimum Gasteiger partial charge on any atom is -0.348 e. The molecule has 1 atom stereocenters. The lowest BCUT2D eigenvalue weighted by molar-refractivity contribution is -0.122. The maximum atomic E-state index is 13.5. The molecule has 1 heterocycles. The Labute approximate surface area is 144 Å². The Hall–Kier alpha value is -2.15. The molecule has 1 aromatic carbocycles. The summed E-state index contributed by atoms with van der Waals surface area (Å²) in [6, 6.07) is 3.86. The number of rotatable bonds is 5. The molecule has 2 aromatic rings. The van der Waals surface area contributed by atoms with E-state index in [1.54, 1.807) is 19.9 Å². The zero-order chi connectivity index (χ0) is 18.0. The lowest BCUT2D eigenvalue weighted by atomic mass is 10.1. The number of benzene rings is 1. The number of hydrogen-bond donors (Lipinski definition) is 1. The third kappa shape index (κ3) is 3.84. The van der Waals surface area contributed by atoms with Crippen LogP contribution in [-0.4, -0.2) is 20.3 Å². The van der Waals surface area contributed by atoms with Crippen LogP contribution in [0.2, 0.25) is 5.02 Å². The van der Waals surface area contributed by atoms with Crippen LogP contribution in [0.15, 0.2) is 23.0 Å². The van der Waals surface area contributed by atoms with Crippen molar-refractivity contribution in [1.29, 1.82) is 0 Å². The van der Waals surface area contributed by atoms with Gasteiger partial charge in [-0.2, -0.15) is 5.10 Å². The Morgan fingerprint density at radius 2 is 2.04 bits per heavy atom. The van der Waals surface area contributed by atoms with E-state index in [0.717, 1.165) is 0 Å². The summed E-state index contributed by atoms with van der Waals surface area (Å²) in [6.07, 6.45) is 0. The lowest BCUT2D eigenvalue weighted by Gasteiger charge is -2.15. The third-order valence-electron chi connectivity index (χ3n) is 3.68. The van der Waals surface area contributed by atoms with Crippen molar-refractivity contribution in [2.75, 3.05) is 0 Å². The average Bonchev–Trinajstić information content (AvgIpc) is 2.78. The zero-order valence-electron chi connectivity index (χ0n) is 14.0. The summed E-state index contributed by atoms with van der Waals surface area (Å²) in [7, 11) is 0. The first-order valence-electron chi connectivity index (χ1n) is 7.61. The van der Waals surface area contributed by atoms with Crippen LogP contribution in [-0.2, 0) is 11.3 Å². The van der Waals surface area contributed by atoms with Gasteiger partial charge in [-0.1, -0.05) is 17.7 Å². The van der Waals surface area contributed by atoms with E-state index in [0.29, 0.717) is 11.4 Å². The van der Waals surface area contributed by atoms with Crippen LogP contribution >= 0.6 is 11.6 Å². The van der Waals surface area contributed by atoms with E-state index in [9.17, 15) is 14.0 Å². The topological polar surface area (TPSA) is 68.9 Å². The smallest absolute Gasteiger partial charge is 0.346 e. The second-order valence-electron chi connectivity index (χ2n) is 5.92. The molecule has 6 nitrogen and oxygen atoms in total. The fraction of sp³-hybridized carbons (Fsp3) is 0.438. The Kier molecular flexibility index (Phi) is 5.43. The van der Waals surface area contributed by atoms with Gasteiger partial charge in [0.05, 0.1) is 17.1 Å². The van der Waals surface area contributed by atoms with Crippen molar-refractivity contribution >= 4 is 17.5 Å². The minimum absolute atomic E-state index is 0.0283. The van der Waals surface area contributed by atoms with Gasteiger partial charge in [0, 0.05) is 0 Å². The van der Waals surface area contributed by atoms with E-state index in [-0.39, 0.29) is 29.2 Å². The van der Waals surface area contributed by atoms with Gasteiger partial charge in [-0.15, -0.1) is 0 Å². The lowest BCUT2D eigenvalue weighted by Crippen LogP contribution is -2.35. The summed E-state index contributed by atoms with van der Waals surface area (Å²) in [4.78, 5) is 24.4. The summed E-state index contributed by atoms with van der Waals surface area (Å²) in [5.74, 6) is -0.430. The first-order chi connectivity index (χ1) is 11.2. The van der Waals surface area contributed by atoms with E-state index in [1.807, 2.05) is 13.8 Å². The van der Waals surface area contributed by atoms with Crippen molar-refractivity contribution in [3.8, 4) is 0 Å². The summed E-state index contributed by atoms with van der Waals surface area (Å²) in [5, 5.41) is 6.91. The van der Waals surface area contributed by atoms with Gasteiger partial charge in [0.2, 0.25) is 5.91 Å². The van der Waals surface area contributed by atoms with E-state index in [1.165, 1.54) is 21.4 Å². The van der Waals surface area contributed by atoms with Gasteiger partial charge in [0.15, 0.2) is 0 Å². The predicted octanol–water partition coefficient (Wildman–Crippen LogP) is 2.60. The second-order valence-corrected chi connectivity index (χ2v) is 6.32. The molecule has 1 aromatic heterocycles. The van der Waals surface area contributed by atoms with Gasteiger partial charge < -0.3 is 5.32 Å². The number of carbonyl (C=O) groups is 1. The molecule has 1 N–H and O–H groups in total. The molecule has 24 heavy (non-hydrogen) atoms. The fourth-order valence-electron chi connectivity index (χ4n) is 2.33. The molecule has 0 unspecified atom stereocenters. The van der Waals surface area contributed by atoms with E-state index >= 15 is 0 Å². The summed E-state index contributed by atoms with van der Waals surface area (Å²) < 4.78 is 16.2. The fourth-order valence-corrected chi connectivity index (χ4v) is 2.45. The van der Waals surface area contributed by atoms with E-state index in [4.69, 9.17) is 11.6 Å². The van der Waals surface area contributed by atoms with Crippen LogP contribution in [0.25, 0.3) is 0 Å². The first kappa shape index (κ1) is 18.2. The van der Waals surface area contributed by atoms with Gasteiger partial charge in [-0.25, -0.2) is 13.9 Å². The molecule has 0 spiro atoms. The average molecular weight is 355 g/mol. The summed E-state index contributed by atoms with van der Waals surface area (Å²) >= 11 is 5.65. The van der Waals surface area contributed by atoms with Gasteiger partial charge >= 0.3 is 5.69 Å². The molecule has 8 heteroatoms. The number of nitrogens with one attached hydrogen (secondary N) is 1. The van der Waals surface area contributed by atoms with Crippen molar-refractivity contribution in [1.82, 2.24) is 19.7 Å². The molecule has 1 amide bonds. The molecular weight excluding hydrogens is 335 g/mol. The van der Waals surface area contributed by atoms with Crippen molar-refractivity contribution in [2.24, 2.45) is 0 Å². The van der Waals surface area contributed by atoms with Crippen molar-refractivity contribution in [2.45, 2.75) is 46.3 Å². The molecule has 0 saturated carbocycles. The predicted molar refractivity (Wildman–Crippen MR) is 89.6 cm³/mol. The second kappa shape index (κ2) is 7.17. The van der Waals surface area contributed by atoms with Crippen LogP contribution in [0.4, 0.5) is 4.39 Å². The number of amides is 1. The first-order valence-corrected chi connectivity index (χ1v) is 7.98. The Morgan fingerprint density at radius 3 is 2.58 bits per heavy atom. The SMILES string of the molecule is Cc1nn(C(C)C)c(=O)n1CC(=O)N[C@@H](C)c1ccc(Cl)c(F)c1. The quantitative estimate of drug-likeness (QED) is 0.897. The standard InChI is InChI=1S/C16H20ClFN4O2/c1-9(2)22-16(24)21(11(4)20-22)8-15(23)19-10(3)12-5-6-13(17)14(18)7-12/h5-7,9-10H,8H2,1-4H3,(H,19,23)/t10-/m0/s1. The molecule has 0 saturated heterocycles. The number of halogens is 2. The number of aryl methyl sites for hydroxylation is 1. The van der Waals surface area contributed by atoms with E-state index in [2.05, 4.69) is 10.4 Å². The van der Waals surface area contributed by atoms with Gasteiger partial charge in [0.25, 0.3) is 0 Å². The van der Waals surface area contributed by atoms with Crippen LogP contribution in [0.1, 0.15) is 44.2 Å². The molecule has 0 radical (unpaired) electrons. The van der Waals surface area contributed by atoms with Crippen molar-refractivity contribution in [3.05, 3.63) is 50.9 Å². The largest absolute Gasteiger partial charge is 0.348 e. The number of aromatic nitrogens is 3. The monoisotopic (exact) mass is 354 g/mol. The normalized spacial score (nSPS) is 12.5. The highest BCUT2D eigenvalue weighted by Crippen LogP contribution is 2.20. The highest BCUT2D eigenvalue weighted by Gasteiger charge is 2.17. The molecule has 130 valence electrons. The molecule has 0 aliphatic heterocycles. The Bertz CT molecular complexity index is 813. The molecule has 2 rings (SSSR count). The van der Waals surface area contributed by atoms with Crippen LogP contribution in [0.5, 0.6) is 0 Å². The van der Waals surface area contributed by atoms with Gasteiger partial charge in [-0.05, 0) is 45.4 Å². The molecule has 0 bridgehead atoms. The van der Waals surface area contributed by atoms with E-state index < -0.39 is 11.9 Å². The summed E-state index contributed by atoms with van der Waals surface area (Å²) in [5.41, 5.74) is 0.259. The minimum atomic E-state index is -0.541. The van der Waals surface area contributed by atoms with Gasteiger partial charge in [0.1, 0.15) is 18.2 Å². The van der Waals surface area contributed by atoms with Crippen LogP contribution in [0.3, 0.4) is 0 Å². The molecular formula is C16H20ClFN4O2. The van der Waals surface area contributed by atoms with Crippen molar-refractivity contribution in [3.63, 3.8) is 0 Å². The molecule has 0 fully saturated rings. The number of hydrogen-bond acceptors (Lipinski definition) is 3. The number of nitrogens with zero attached hydrogens (tertiary/aromatic N) is 3. The molecule has 0 aliphatic carbocycles. The Balaban J connectivity index is 2.11. The number of carbonyl (C=O) groups excluding carboxylic acids is 1. The van der Waals surface area contributed by atoms with Crippen LogP contribution < -0.4 is 11.0 Å². The van der Waals surface area contributed by atoms with Crippen LogP contribution in [0, 0.1) is 12.7 Å².